The molecule has 156 valence electrons. The van der Waals surface area contributed by atoms with Gasteiger partial charge in [0.25, 0.3) is 0 Å². The predicted octanol–water partition coefficient (Wildman–Crippen LogP) is 7.71. The summed E-state index contributed by atoms with van der Waals surface area (Å²) in [6.45, 7) is 13.0. The highest BCUT2D eigenvalue weighted by atomic mass is 32.1. The lowest BCUT2D eigenvalue weighted by molar-refractivity contribution is 0.422. The van der Waals surface area contributed by atoms with E-state index in [9.17, 15) is 5.11 Å². The number of thiophene rings is 1. The number of hydrogen-bond acceptors (Lipinski definition) is 2. The lowest BCUT2D eigenvalue weighted by Gasteiger charge is -2.30. The highest BCUT2D eigenvalue weighted by Crippen LogP contribution is 2.45. The monoisotopic (exact) mass is 417 g/mol. The molecule has 0 saturated carbocycles. The van der Waals surface area contributed by atoms with E-state index in [-0.39, 0.29) is 16.7 Å². The standard InChI is InChI=1S/C27H31NOS/c1-26(2,3)20-14-17(15-21(25(20)29)27(4,5)6)24(23-12-9-13-30-23)19-16-28-22-11-8-7-10-18(19)22/h7-16,24,28-29H,1-6H3. The molecule has 0 radical (unpaired) electrons. The molecule has 1 atom stereocenters. The van der Waals surface area contributed by atoms with E-state index in [1.54, 1.807) is 11.3 Å². The van der Waals surface area contributed by atoms with Gasteiger partial charge in [0, 0.05) is 27.9 Å². The van der Waals surface area contributed by atoms with Crippen LogP contribution in [0.3, 0.4) is 0 Å². The Bertz CT molecular complexity index is 1130. The van der Waals surface area contributed by atoms with Gasteiger partial charge in [0.05, 0.1) is 0 Å². The fourth-order valence-corrected chi connectivity index (χ4v) is 5.12. The summed E-state index contributed by atoms with van der Waals surface area (Å²) < 4.78 is 0. The SMILES string of the molecule is CC(C)(C)c1cc(C(c2cccs2)c2c[nH]c3ccccc23)cc(C(C)(C)C)c1O. The molecule has 1 unspecified atom stereocenters. The molecular formula is C27H31NOS. The van der Waals surface area contributed by atoms with Crippen molar-refractivity contribution in [2.24, 2.45) is 0 Å². The molecule has 2 aromatic heterocycles. The third-order valence-electron chi connectivity index (χ3n) is 5.84. The van der Waals surface area contributed by atoms with Gasteiger partial charge in [0.2, 0.25) is 0 Å². The number of hydrogen-bond donors (Lipinski definition) is 2. The lowest BCUT2D eigenvalue weighted by atomic mass is 9.76. The molecule has 4 aromatic rings. The van der Waals surface area contributed by atoms with Gasteiger partial charge < -0.3 is 10.1 Å². The molecular weight excluding hydrogens is 386 g/mol. The zero-order valence-corrected chi connectivity index (χ0v) is 19.5. The Labute approximate surface area is 183 Å². The van der Waals surface area contributed by atoms with E-state index < -0.39 is 0 Å². The highest BCUT2D eigenvalue weighted by Gasteiger charge is 2.30. The number of phenols is 1. The van der Waals surface area contributed by atoms with Crippen molar-refractivity contribution in [3.63, 3.8) is 0 Å². The first kappa shape index (κ1) is 20.7. The third-order valence-corrected chi connectivity index (χ3v) is 6.78. The molecule has 0 aliphatic carbocycles. The van der Waals surface area contributed by atoms with Crippen LogP contribution in [0.25, 0.3) is 10.9 Å². The van der Waals surface area contributed by atoms with Crippen LogP contribution in [0, 0.1) is 0 Å². The summed E-state index contributed by atoms with van der Waals surface area (Å²) in [7, 11) is 0. The van der Waals surface area contributed by atoms with Crippen LogP contribution in [-0.4, -0.2) is 10.1 Å². The molecule has 4 rings (SSSR count). The van der Waals surface area contributed by atoms with Crippen LogP contribution in [-0.2, 0) is 10.8 Å². The Morgan fingerprint density at radius 1 is 0.867 bits per heavy atom. The van der Waals surface area contributed by atoms with Gasteiger partial charge in [-0.3, -0.25) is 0 Å². The first-order chi connectivity index (χ1) is 14.1. The Morgan fingerprint density at radius 2 is 1.50 bits per heavy atom. The number of benzene rings is 2. The Hall–Kier alpha value is -2.52. The Morgan fingerprint density at radius 3 is 2.07 bits per heavy atom. The van der Waals surface area contributed by atoms with Crippen molar-refractivity contribution >= 4 is 22.2 Å². The summed E-state index contributed by atoms with van der Waals surface area (Å²) in [6, 6.07) is 17.3. The zero-order chi connectivity index (χ0) is 21.7. The van der Waals surface area contributed by atoms with Gasteiger partial charge in [-0.05, 0) is 50.6 Å². The first-order valence-electron chi connectivity index (χ1n) is 10.5. The average molecular weight is 418 g/mol. The maximum Gasteiger partial charge on any atom is 0.123 e. The number of aromatic amines is 1. The van der Waals surface area contributed by atoms with Crippen LogP contribution in [0.15, 0.2) is 60.1 Å². The molecule has 0 aliphatic rings. The number of para-hydroxylation sites is 1. The van der Waals surface area contributed by atoms with Crippen molar-refractivity contribution in [3.05, 3.63) is 87.2 Å². The summed E-state index contributed by atoms with van der Waals surface area (Å²) >= 11 is 1.79. The predicted molar refractivity (Wildman–Crippen MR) is 129 cm³/mol. The normalized spacial score (nSPS) is 13.7. The van der Waals surface area contributed by atoms with Crippen LogP contribution in [0.5, 0.6) is 5.75 Å². The minimum absolute atomic E-state index is 0.115. The van der Waals surface area contributed by atoms with Crippen molar-refractivity contribution in [1.29, 1.82) is 0 Å². The molecule has 3 heteroatoms. The van der Waals surface area contributed by atoms with E-state index in [1.165, 1.54) is 21.4 Å². The van der Waals surface area contributed by atoms with E-state index in [4.69, 9.17) is 0 Å². The van der Waals surface area contributed by atoms with Gasteiger partial charge in [-0.1, -0.05) is 77.9 Å². The number of rotatable bonds is 3. The second kappa shape index (κ2) is 7.31. The molecule has 0 fully saturated rings. The topological polar surface area (TPSA) is 36.0 Å². The zero-order valence-electron chi connectivity index (χ0n) is 18.7. The van der Waals surface area contributed by atoms with Crippen molar-refractivity contribution in [3.8, 4) is 5.75 Å². The summed E-state index contributed by atoms with van der Waals surface area (Å²) in [6.07, 6.45) is 2.15. The maximum atomic E-state index is 11.2. The van der Waals surface area contributed by atoms with Gasteiger partial charge in [-0.15, -0.1) is 11.3 Å². The number of phenolic OH excluding ortho intramolecular Hbond substituents is 1. The summed E-state index contributed by atoms with van der Waals surface area (Å²) in [5, 5.41) is 14.6. The molecule has 0 spiro atoms. The molecule has 0 aliphatic heterocycles. The van der Waals surface area contributed by atoms with Crippen molar-refractivity contribution < 1.29 is 5.11 Å². The number of aromatic hydroxyl groups is 1. The van der Waals surface area contributed by atoms with Gasteiger partial charge in [0.1, 0.15) is 5.75 Å². The minimum Gasteiger partial charge on any atom is -0.507 e. The Kier molecular flexibility index (Phi) is 5.06. The molecule has 2 N–H and O–H groups in total. The van der Waals surface area contributed by atoms with Gasteiger partial charge in [0.15, 0.2) is 0 Å². The van der Waals surface area contributed by atoms with Gasteiger partial charge in [-0.2, -0.15) is 0 Å². The smallest absolute Gasteiger partial charge is 0.123 e. The van der Waals surface area contributed by atoms with E-state index in [0.717, 1.165) is 16.6 Å². The maximum absolute atomic E-state index is 11.2. The molecule has 2 aromatic carbocycles. The van der Waals surface area contributed by atoms with Crippen LogP contribution in [0.1, 0.15) is 74.6 Å². The summed E-state index contributed by atoms with van der Waals surface area (Å²) in [5.74, 6) is 0.548. The van der Waals surface area contributed by atoms with Crippen LogP contribution in [0.2, 0.25) is 0 Å². The van der Waals surface area contributed by atoms with Crippen molar-refractivity contribution in [2.75, 3.05) is 0 Å². The largest absolute Gasteiger partial charge is 0.507 e. The number of fused-ring (bicyclic) bond motifs is 1. The molecule has 30 heavy (non-hydrogen) atoms. The fourth-order valence-electron chi connectivity index (χ4n) is 4.25. The number of H-pyrrole nitrogens is 1. The van der Waals surface area contributed by atoms with Gasteiger partial charge in [-0.25, -0.2) is 0 Å². The Balaban J connectivity index is 2.03. The van der Waals surface area contributed by atoms with Crippen molar-refractivity contribution in [2.45, 2.75) is 58.3 Å². The number of aromatic nitrogens is 1. The average Bonchev–Trinajstić information content (AvgIpc) is 3.32. The minimum atomic E-state index is -0.152. The van der Waals surface area contributed by atoms with Crippen LogP contribution in [0.4, 0.5) is 0 Å². The van der Waals surface area contributed by atoms with E-state index >= 15 is 0 Å². The fraction of sp³-hybridized carbons (Fsp3) is 0.333. The number of nitrogens with one attached hydrogen (secondary N) is 1. The van der Waals surface area contributed by atoms with Crippen LogP contribution >= 0.6 is 11.3 Å². The van der Waals surface area contributed by atoms with E-state index in [0.29, 0.717) is 5.75 Å². The molecule has 0 amide bonds. The molecule has 2 heterocycles. The lowest BCUT2D eigenvalue weighted by Crippen LogP contribution is -2.18. The first-order valence-corrected chi connectivity index (χ1v) is 11.4. The molecule has 0 saturated heterocycles. The quantitative estimate of drug-likeness (QED) is 0.352. The van der Waals surface area contributed by atoms with Crippen LogP contribution < -0.4 is 0 Å². The highest BCUT2D eigenvalue weighted by molar-refractivity contribution is 7.10. The second-order valence-corrected chi connectivity index (χ2v) is 11.2. The summed E-state index contributed by atoms with van der Waals surface area (Å²) in [4.78, 5) is 4.77. The van der Waals surface area contributed by atoms with E-state index in [2.05, 4.69) is 107 Å². The van der Waals surface area contributed by atoms with Gasteiger partial charge >= 0.3 is 0 Å². The molecule has 2 nitrogen and oxygen atoms in total. The molecule has 0 bridgehead atoms. The van der Waals surface area contributed by atoms with Crippen molar-refractivity contribution in [1.82, 2.24) is 4.98 Å². The summed E-state index contributed by atoms with van der Waals surface area (Å²) in [5.41, 5.74) is 5.37. The van der Waals surface area contributed by atoms with E-state index in [1.807, 2.05) is 0 Å². The second-order valence-electron chi connectivity index (χ2n) is 10.2. The third kappa shape index (κ3) is 3.67.